The zero-order valence-corrected chi connectivity index (χ0v) is 73.3. The molecule has 0 fully saturated rings. The van der Waals surface area contributed by atoms with Crippen LogP contribution in [0.5, 0.6) is 0 Å². The lowest BCUT2D eigenvalue weighted by atomic mass is 10.0. The van der Waals surface area contributed by atoms with Crippen LogP contribution in [0.2, 0.25) is 0 Å². The van der Waals surface area contributed by atoms with E-state index in [1.165, 1.54) is 167 Å². The first-order valence-corrected chi connectivity index (χ1v) is 48.1. The summed E-state index contributed by atoms with van der Waals surface area (Å²) in [4.78, 5) is 58.8. The molecule has 0 aliphatic heterocycles. The highest BCUT2D eigenvalue weighted by molar-refractivity contribution is 7.47. The van der Waals surface area contributed by atoms with Crippen LogP contribution in [0.15, 0.2) is 146 Å². The Kier molecular flexibility index (Phi) is 83.3. The van der Waals surface area contributed by atoms with E-state index in [9.17, 15) is 43.5 Å². The summed E-state index contributed by atoms with van der Waals surface area (Å²) in [6.07, 6.45) is 109. The lowest BCUT2D eigenvalue weighted by Crippen LogP contribution is -2.30. The molecular formula is C95H164O16P2. The third kappa shape index (κ3) is 88.1. The number of allylic oxidation sites excluding steroid dienone is 24. The van der Waals surface area contributed by atoms with Gasteiger partial charge >= 0.3 is 33.6 Å². The summed E-state index contributed by atoms with van der Waals surface area (Å²) >= 11 is 0. The minimum absolute atomic E-state index is 0.106. The molecule has 0 saturated heterocycles. The quantitative estimate of drug-likeness (QED) is 0.0146. The predicted octanol–water partition coefficient (Wildman–Crippen LogP) is 27.6. The lowest BCUT2D eigenvalue weighted by molar-refractivity contribution is -0.161. The molecule has 5 atom stereocenters. The molecule has 18 heteroatoms. The van der Waals surface area contributed by atoms with E-state index in [2.05, 4.69) is 167 Å². The maximum absolute atomic E-state index is 13.0. The van der Waals surface area contributed by atoms with Gasteiger partial charge in [-0.25, -0.2) is 9.13 Å². The third-order valence-electron chi connectivity index (χ3n) is 19.1. The summed E-state index contributed by atoms with van der Waals surface area (Å²) in [5.74, 6) is -1.56. The molecule has 0 aromatic carbocycles. The highest BCUT2D eigenvalue weighted by atomic mass is 31.2. The molecule has 0 radical (unpaired) electrons. The number of esters is 3. The van der Waals surface area contributed by atoms with Crippen LogP contribution in [0, 0.1) is 0 Å². The van der Waals surface area contributed by atoms with Gasteiger partial charge in [-0.2, -0.15) is 0 Å². The standard InChI is InChI=1S/C95H164O16P2/c1-4-7-10-13-16-19-22-24-26-28-30-32-34-36-38-40-42-43-44-45-47-49-50-52-54-56-58-60-62-64-67-69-72-75-78-81-93(98)105-84-90(96)85-107-112(101,102)108-86-91(97)87-109-113(103,104)110-89-92(111-95(100)83-80-77-74-71-66-21-18-15-12-9-6-3)88-106-94(99)82-79-76-73-70-68-65-63-61-59-57-55-53-51-48-46-41-39-37-35-33-31-29-27-25-23-20-17-14-11-8-5-2/h7-8,10-11,16-17,19-20,24-27,30-33,36-39,42-43,46,48,90-92,96-97H,4-6,9,12-15,18,21-23,28-29,34-35,40-41,44-45,47,49-89H2,1-3H3,(H,101,102)(H,103,104)/b10-7-,11-8-,19-16-,20-17-,26-24-,27-25-,32-30-,33-31-,38-36-,39-37-,43-42-,48-46-. The van der Waals surface area contributed by atoms with Crippen LogP contribution in [0.1, 0.15) is 380 Å². The highest BCUT2D eigenvalue weighted by Crippen LogP contribution is 2.45. The zero-order valence-electron chi connectivity index (χ0n) is 71.5. The lowest BCUT2D eigenvalue weighted by Gasteiger charge is -2.21. The first kappa shape index (κ1) is 108. The molecule has 0 amide bonds. The Morgan fingerprint density at radius 1 is 0.257 bits per heavy atom. The number of unbranched alkanes of at least 4 members (excludes halogenated alkanes) is 38. The van der Waals surface area contributed by atoms with Crippen LogP contribution < -0.4 is 0 Å². The van der Waals surface area contributed by atoms with Crippen LogP contribution in [0.3, 0.4) is 0 Å². The monoisotopic (exact) mass is 1620 g/mol. The van der Waals surface area contributed by atoms with E-state index in [0.29, 0.717) is 19.3 Å². The summed E-state index contributed by atoms with van der Waals surface area (Å²) in [5.41, 5.74) is 0. The summed E-state index contributed by atoms with van der Waals surface area (Å²) in [7, 11) is -9.79. The Morgan fingerprint density at radius 3 is 0.743 bits per heavy atom. The molecule has 0 aromatic heterocycles. The molecule has 4 N–H and O–H groups in total. The summed E-state index contributed by atoms with van der Waals surface area (Å²) in [6.45, 7) is 2.49. The number of phosphoric acid groups is 2. The van der Waals surface area contributed by atoms with Crippen molar-refractivity contribution in [2.75, 3.05) is 39.6 Å². The Hall–Kier alpha value is -4.57. The molecule has 0 aromatic rings. The van der Waals surface area contributed by atoms with Gasteiger partial charge in [-0.3, -0.25) is 32.5 Å². The number of hydrogen-bond acceptors (Lipinski definition) is 14. The molecule has 0 aliphatic carbocycles. The second kappa shape index (κ2) is 86.8. The maximum atomic E-state index is 13.0. The minimum Gasteiger partial charge on any atom is -0.463 e. The predicted molar refractivity (Wildman–Crippen MR) is 473 cm³/mol. The van der Waals surface area contributed by atoms with Gasteiger partial charge in [0.25, 0.3) is 0 Å². The van der Waals surface area contributed by atoms with Crippen molar-refractivity contribution < 1.29 is 75.8 Å². The van der Waals surface area contributed by atoms with Crippen molar-refractivity contribution >= 4 is 33.6 Å². The van der Waals surface area contributed by atoms with Crippen molar-refractivity contribution in [2.24, 2.45) is 0 Å². The first-order chi connectivity index (χ1) is 55.2. The third-order valence-corrected chi connectivity index (χ3v) is 21.0. The van der Waals surface area contributed by atoms with E-state index in [1.807, 2.05) is 0 Å². The molecule has 650 valence electrons. The fourth-order valence-corrected chi connectivity index (χ4v) is 13.9. The van der Waals surface area contributed by atoms with Gasteiger partial charge in [0.15, 0.2) is 6.10 Å². The van der Waals surface area contributed by atoms with E-state index < -0.39 is 91.5 Å². The van der Waals surface area contributed by atoms with Crippen molar-refractivity contribution in [3.8, 4) is 0 Å². The molecule has 113 heavy (non-hydrogen) atoms. The average Bonchev–Trinajstić information content (AvgIpc) is 0.901. The Labute approximate surface area is 689 Å². The number of aliphatic hydroxyl groups is 2. The molecule has 0 bridgehead atoms. The number of aliphatic hydroxyl groups excluding tert-OH is 2. The molecule has 5 unspecified atom stereocenters. The van der Waals surface area contributed by atoms with E-state index >= 15 is 0 Å². The minimum atomic E-state index is -4.93. The summed E-state index contributed by atoms with van der Waals surface area (Å²) < 4.78 is 61.3. The molecule has 0 aliphatic rings. The first-order valence-electron chi connectivity index (χ1n) is 45.1. The molecule has 0 saturated carbocycles. The van der Waals surface area contributed by atoms with E-state index in [0.717, 1.165) is 154 Å². The SMILES string of the molecule is CC/C=C\C/C=C\C/C=C\C/C=C\C/C=C\C/C=C\CCCCCCCCCCCCCCCCCCC(=O)OCC(O)COP(=O)(O)OCC(O)COP(=O)(O)OCC(COC(=O)CCCCCCCCCCCCCC/C=C\C/C=C\C/C=C\C/C=C\C/C=C\C/C=C\CC)OC(=O)CCCCCCCCCCCCC. The molecule has 0 heterocycles. The number of rotatable bonds is 85. The van der Waals surface area contributed by atoms with E-state index in [-0.39, 0.29) is 19.3 Å². The van der Waals surface area contributed by atoms with Gasteiger partial charge in [0, 0.05) is 19.3 Å². The van der Waals surface area contributed by atoms with Gasteiger partial charge in [0.05, 0.1) is 26.4 Å². The van der Waals surface area contributed by atoms with Crippen LogP contribution in [-0.4, -0.2) is 95.9 Å². The highest BCUT2D eigenvalue weighted by Gasteiger charge is 2.29. The van der Waals surface area contributed by atoms with Crippen LogP contribution in [0.25, 0.3) is 0 Å². The molecular weight excluding hydrogens is 1460 g/mol. The van der Waals surface area contributed by atoms with Crippen LogP contribution in [-0.2, 0) is 55.8 Å². The Bertz CT molecular complexity index is 2630. The number of carbonyl (C=O) groups is 3. The van der Waals surface area contributed by atoms with Gasteiger partial charge in [0.1, 0.15) is 25.4 Å². The molecule has 0 rings (SSSR count). The average molecular weight is 1620 g/mol. The van der Waals surface area contributed by atoms with Gasteiger partial charge in [-0.05, 0) is 122 Å². The van der Waals surface area contributed by atoms with Crippen molar-refractivity contribution in [1.29, 1.82) is 0 Å². The van der Waals surface area contributed by atoms with Gasteiger partial charge in [-0.15, -0.1) is 0 Å². The summed E-state index contributed by atoms with van der Waals surface area (Å²) in [6, 6.07) is 0. The number of hydrogen-bond donors (Lipinski definition) is 4. The van der Waals surface area contributed by atoms with Crippen molar-refractivity contribution in [1.82, 2.24) is 0 Å². The van der Waals surface area contributed by atoms with Gasteiger partial charge in [0.2, 0.25) is 0 Å². The van der Waals surface area contributed by atoms with E-state index in [4.69, 9.17) is 32.3 Å². The maximum Gasteiger partial charge on any atom is 0.472 e. The van der Waals surface area contributed by atoms with Crippen molar-refractivity contribution in [3.05, 3.63) is 146 Å². The van der Waals surface area contributed by atoms with Gasteiger partial charge in [-0.1, -0.05) is 385 Å². The number of ether oxygens (including phenoxy) is 3. The fourth-order valence-electron chi connectivity index (χ4n) is 12.3. The van der Waals surface area contributed by atoms with Crippen LogP contribution in [0.4, 0.5) is 0 Å². The number of phosphoric ester groups is 2. The fraction of sp³-hybridized carbons (Fsp3) is 0.716. The topological polar surface area (TPSA) is 231 Å². The largest absolute Gasteiger partial charge is 0.472 e. The van der Waals surface area contributed by atoms with Crippen LogP contribution >= 0.6 is 15.6 Å². The zero-order chi connectivity index (χ0) is 82.2. The Morgan fingerprint density at radius 2 is 0.469 bits per heavy atom. The molecule has 0 spiro atoms. The van der Waals surface area contributed by atoms with E-state index in [1.54, 1.807) is 0 Å². The second-order valence-corrected chi connectivity index (χ2v) is 32.9. The molecule has 16 nitrogen and oxygen atoms in total. The van der Waals surface area contributed by atoms with Crippen molar-refractivity contribution in [3.63, 3.8) is 0 Å². The smallest absolute Gasteiger partial charge is 0.463 e. The number of carbonyl (C=O) groups excluding carboxylic acids is 3. The Balaban J connectivity index is 4.34. The van der Waals surface area contributed by atoms with Gasteiger partial charge < -0.3 is 34.2 Å². The van der Waals surface area contributed by atoms with Crippen molar-refractivity contribution in [2.45, 2.75) is 399 Å². The summed E-state index contributed by atoms with van der Waals surface area (Å²) in [5, 5.41) is 20.7. The normalized spacial score (nSPS) is 14.5. The second-order valence-electron chi connectivity index (χ2n) is 30.0.